The molecule has 1 fully saturated rings. The molecular weight excluding hydrogens is 306 g/mol. The standard InChI is InChI=1S/C14H22BrN3O/c1-4-17-8-10(15)7-11(17)13(19)18-6-5-12(16)14(2,3)9-18/h7-8,12H,4-6,9,16H2,1-3H3. The van der Waals surface area contributed by atoms with Gasteiger partial charge in [-0.1, -0.05) is 13.8 Å². The number of carbonyl (C=O) groups is 1. The van der Waals surface area contributed by atoms with Gasteiger partial charge in [-0.05, 0) is 40.8 Å². The number of piperidine rings is 1. The van der Waals surface area contributed by atoms with Crippen LogP contribution in [0.1, 0.15) is 37.7 Å². The molecule has 1 aliphatic rings. The van der Waals surface area contributed by atoms with Gasteiger partial charge in [-0.25, -0.2) is 0 Å². The van der Waals surface area contributed by atoms with Crippen LogP contribution < -0.4 is 5.73 Å². The van der Waals surface area contributed by atoms with Crippen LogP contribution in [0.4, 0.5) is 0 Å². The summed E-state index contributed by atoms with van der Waals surface area (Å²) in [6, 6.07) is 2.06. The summed E-state index contributed by atoms with van der Waals surface area (Å²) in [5, 5.41) is 0. The summed E-state index contributed by atoms with van der Waals surface area (Å²) in [5.74, 6) is 0.104. The lowest BCUT2D eigenvalue weighted by Crippen LogP contribution is -2.54. The van der Waals surface area contributed by atoms with Gasteiger partial charge in [0.25, 0.3) is 5.91 Å². The summed E-state index contributed by atoms with van der Waals surface area (Å²) in [4.78, 5) is 14.6. The van der Waals surface area contributed by atoms with Crippen molar-refractivity contribution < 1.29 is 4.79 Å². The molecule has 0 bridgehead atoms. The fraction of sp³-hybridized carbons (Fsp3) is 0.643. The van der Waals surface area contributed by atoms with E-state index in [9.17, 15) is 4.79 Å². The lowest BCUT2D eigenvalue weighted by molar-refractivity contribution is 0.0523. The van der Waals surface area contributed by atoms with E-state index in [1.165, 1.54) is 0 Å². The predicted octanol–water partition coefficient (Wildman–Crippen LogP) is 2.47. The van der Waals surface area contributed by atoms with Crippen LogP contribution in [-0.4, -0.2) is 34.5 Å². The summed E-state index contributed by atoms with van der Waals surface area (Å²) < 4.78 is 2.93. The van der Waals surface area contributed by atoms with E-state index in [1.807, 2.05) is 28.7 Å². The van der Waals surface area contributed by atoms with Gasteiger partial charge in [0.1, 0.15) is 5.69 Å². The molecule has 0 saturated carbocycles. The van der Waals surface area contributed by atoms with Gasteiger partial charge in [0.2, 0.25) is 0 Å². The number of rotatable bonds is 2. The Morgan fingerprint density at radius 3 is 2.84 bits per heavy atom. The fourth-order valence-electron chi connectivity index (χ4n) is 2.62. The fourth-order valence-corrected chi connectivity index (χ4v) is 3.09. The highest BCUT2D eigenvalue weighted by atomic mass is 79.9. The number of hydrogen-bond donors (Lipinski definition) is 1. The Kier molecular flexibility index (Phi) is 4.06. The van der Waals surface area contributed by atoms with E-state index < -0.39 is 0 Å². The molecule has 1 aromatic heterocycles. The highest BCUT2D eigenvalue weighted by Gasteiger charge is 2.36. The summed E-state index contributed by atoms with van der Waals surface area (Å²) in [5.41, 5.74) is 6.85. The molecule has 19 heavy (non-hydrogen) atoms. The maximum atomic E-state index is 12.6. The van der Waals surface area contributed by atoms with E-state index in [4.69, 9.17) is 5.73 Å². The number of aromatic nitrogens is 1. The maximum absolute atomic E-state index is 12.6. The number of halogens is 1. The number of aryl methyl sites for hydroxylation is 1. The van der Waals surface area contributed by atoms with Crippen molar-refractivity contribution in [3.8, 4) is 0 Å². The average molecular weight is 328 g/mol. The molecule has 0 aliphatic carbocycles. The van der Waals surface area contributed by atoms with Gasteiger partial charge in [0.05, 0.1) is 0 Å². The number of nitrogens with two attached hydrogens (primary N) is 1. The Hall–Kier alpha value is -0.810. The van der Waals surface area contributed by atoms with E-state index >= 15 is 0 Å². The predicted molar refractivity (Wildman–Crippen MR) is 80.1 cm³/mol. The number of likely N-dealkylation sites (tertiary alicyclic amines) is 1. The molecule has 1 unspecified atom stereocenters. The first-order valence-electron chi connectivity index (χ1n) is 6.75. The highest BCUT2D eigenvalue weighted by molar-refractivity contribution is 9.10. The van der Waals surface area contributed by atoms with Crippen molar-refractivity contribution in [2.45, 2.75) is 39.8 Å². The van der Waals surface area contributed by atoms with Crippen LogP contribution in [0.5, 0.6) is 0 Å². The summed E-state index contributed by atoms with van der Waals surface area (Å²) in [7, 11) is 0. The van der Waals surface area contributed by atoms with E-state index in [0.717, 1.165) is 36.2 Å². The van der Waals surface area contributed by atoms with Crippen LogP contribution in [0.2, 0.25) is 0 Å². The largest absolute Gasteiger partial charge is 0.343 e. The lowest BCUT2D eigenvalue weighted by atomic mass is 9.79. The third kappa shape index (κ3) is 2.87. The third-order valence-electron chi connectivity index (χ3n) is 4.02. The van der Waals surface area contributed by atoms with Crippen molar-refractivity contribution in [1.29, 1.82) is 0 Å². The first kappa shape index (κ1) is 14.6. The first-order chi connectivity index (χ1) is 8.85. The quantitative estimate of drug-likeness (QED) is 0.907. The topological polar surface area (TPSA) is 51.3 Å². The molecule has 4 nitrogen and oxygen atoms in total. The zero-order valence-electron chi connectivity index (χ0n) is 11.8. The van der Waals surface area contributed by atoms with Crippen LogP contribution in [-0.2, 0) is 6.54 Å². The van der Waals surface area contributed by atoms with Crippen molar-refractivity contribution in [3.05, 3.63) is 22.4 Å². The van der Waals surface area contributed by atoms with Gasteiger partial charge in [0.15, 0.2) is 0 Å². The van der Waals surface area contributed by atoms with Gasteiger partial charge < -0.3 is 15.2 Å². The molecule has 2 heterocycles. The van der Waals surface area contributed by atoms with Crippen LogP contribution in [0.25, 0.3) is 0 Å². The van der Waals surface area contributed by atoms with Gasteiger partial charge >= 0.3 is 0 Å². The molecular formula is C14H22BrN3O. The van der Waals surface area contributed by atoms with Crippen molar-refractivity contribution in [2.75, 3.05) is 13.1 Å². The van der Waals surface area contributed by atoms with Gasteiger partial charge in [-0.3, -0.25) is 4.79 Å². The van der Waals surface area contributed by atoms with Crippen molar-refractivity contribution in [1.82, 2.24) is 9.47 Å². The summed E-state index contributed by atoms with van der Waals surface area (Å²) >= 11 is 3.44. The van der Waals surface area contributed by atoms with E-state index in [1.54, 1.807) is 0 Å². The van der Waals surface area contributed by atoms with Gasteiger partial charge in [-0.2, -0.15) is 0 Å². The van der Waals surface area contributed by atoms with Crippen LogP contribution in [0.3, 0.4) is 0 Å². The Bertz CT molecular complexity index is 481. The molecule has 5 heteroatoms. The Morgan fingerprint density at radius 2 is 2.26 bits per heavy atom. The Labute approximate surface area is 123 Å². The second-order valence-electron chi connectivity index (χ2n) is 5.94. The molecule has 1 aromatic rings. The van der Waals surface area contributed by atoms with Crippen LogP contribution in [0.15, 0.2) is 16.7 Å². The lowest BCUT2D eigenvalue weighted by Gasteiger charge is -2.42. The van der Waals surface area contributed by atoms with Crippen molar-refractivity contribution in [2.24, 2.45) is 11.1 Å². The normalized spacial score (nSPS) is 22.6. The smallest absolute Gasteiger partial charge is 0.270 e. The number of amides is 1. The van der Waals surface area contributed by atoms with E-state index in [0.29, 0.717) is 0 Å². The number of carbonyl (C=O) groups excluding carboxylic acids is 1. The summed E-state index contributed by atoms with van der Waals surface area (Å²) in [6.45, 7) is 8.57. The molecule has 1 amide bonds. The molecule has 2 rings (SSSR count). The SMILES string of the molecule is CCn1cc(Br)cc1C(=O)N1CCC(N)C(C)(C)C1. The molecule has 1 aliphatic heterocycles. The second kappa shape index (κ2) is 5.29. The minimum Gasteiger partial charge on any atom is -0.343 e. The third-order valence-corrected chi connectivity index (χ3v) is 4.46. The highest BCUT2D eigenvalue weighted by Crippen LogP contribution is 2.29. The minimum atomic E-state index is -0.0191. The molecule has 1 atom stereocenters. The summed E-state index contributed by atoms with van der Waals surface area (Å²) in [6.07, 6.45) is 2.82. The maximum Gasteiger partial charge on any atom is 0.270 e. The monoisotopic (exact) mass is 327 g/mol. The Balaban J connectivity index is 2.20. The van der Waals surface area contributed by atoms with Gasteiger partial charge in [-0.15, -0.1) is 0 Å². The van der Waals surface area contributed by atoms with Crippen LogP contribution >= 0.6 is 15.9 Å². The van der Waals surface area contributed by atoms with Crippen LogP contribution in [0, 0.1) is 5.41 Å². The van der Waals surface area contributed by atoms with Crippen molar-refractivity contribution in [3.63, 3.8) is 0 Å². The number of hydrogen-bond acceptors (Lipinski definition) is 2. The molecule has 0 spiro atoms. The average Bonchev–Trinajstić information content (AvgIpc) is 2.73. The zero-order chi connectivity index (χ0) is 14.2. The second-order valence-corrected chi connectivity index (χ2v) is 6.86. The molecule has 106 valence electrons. The first-order valence-corrected chi connectivity index (χ1v) is 7.55. The Morgan fingerprint density at radius 1 is 1.58 bits per heavy atom. The van der Waals surface area contributed by atoms with Gasteiger partial charge in [0, 0.05) is 36.3 Å². The zero-order valence-corrected chi connectivity index (χ0v) is 13.4. The van der Waals surface area contributed by atoms with E-state index in [-0.39, 0.29) is 17.4 Å². The molecule has 2 N–H and O–H groups in total. The molecule has 1 saturated heterocycles. The van der Waals surface area contributed by atoms with E-state index in [2.05, 4.69) is 29.8 Å². The minimum absolute atomic E-state index is 0.0191. The number of nitrogens with zero attached hydrogens (tertiary/aromatic N) is 2. The van der Waals surface area contributed by atoms with Crippen molar-refractivity contribution >= 4 is 21.8 Å². The molecule has 0 radical (unpaired) electrons. The molecule has 0 aromatic carbocycles.